The Bertz CT molecular complexity index is 452. The Morgan fingerprint density at radius 3 is 2.58 bits per heavy atom. The Morgan fingerprint density at radius 2 is 1.84 bits per heavy atom. The van der Waals surface area contributed by atoms with Crippen molar-refractivity contribution in [3.8, 4) is 5.75 Å². The molecule has 102 valence electrons. The van der Waals surface area contributed by atoms with E-state index in [4.69, 9.17) is 4.74 Å². The van der Waals surface area contributed by atoms with Gasteiger partial charge in [-0.2, -0.15) is 0 Å². The van der Waals surface area contributed by atoms with E-state index in [0.717, 1.165) is 25.0 Å². The second-order valence-electron chi connectivity index (χ2n) is 5.57. The largest absolute Gasteiger partial charge is 0.497 e. The number of ether oxygens (including phenoxy) is 1. The van der Waals surface area contributed by atoms with Crippen molar-refractivity contribution in [2.75, 3.05) is 7.11 Å². The quantitative estimate of drug-likeness (QED) is 0.815. The molecule has 2 atom stereocenters. The van der Waals surface area contributed by atoms with Crippen LogP contribution >= 0.6 is 0 Å². The number of amides is 1. The van der Waals surface area contributed by atoms with Crippen molar-refractivity contribution >= 4 is 5.91 Å². The lowest BCUT2D eigenvalue weighted by Gasteiger charge is -2.45. The number of methoxy groups -OCH3 is 1. The molecule has 1 aromatic rings. The summed E-state index contributed by atoms with van der Waals surface area (Å²) in [5.74, 6) is 1.22. The van der Waals surface area contributed by atoms with Gasteiger partial charge in [0.05, 0.1) is 13.2 Å². The Balaban J connectivity index is 1.86. The zero-order chi connectivity index (χ0) is 13.2. The van der Waals surface area contributed by atoms with Gasteiger partial charge in [-0.1, -0.05) is 12.1 Å². The molecule has 1 amide bonds. The maximum atomic E-state index is 12.2. The summed E-state index contributed by atoms with van der Waals surface area (Å²) in [7, 11) is 1.68. The minimum absolute atomic E-state index is 0.275. The van der Waals surface area contributed by atoms with Crippen molar-refractivity contribution < 1.29 is 9.53 Å². The molecular formula is C16H21NO2. The molecule has 0 radical (unpaired) electrons. The zero-order valence-electron chi connectivity index (χ0n) is 11.5. The number of fused-ring (bicyclic) bond motifs is 1. The van der Waals surface area contributed by atoms with Crippen LogP contribution in [-0.4, -0.2) is 24.0 Å². The van der Waals surface area contributed by atoms with Crippen LogP contribution in [0.4, 0.5) is 0 Å². The highest BCUT2D eigenvalue weighted by atomic mass is 16.5. The summed E-state index contributed by atoms with van der Waals surface area (Å²) in [5, 5.41) is 0. The van der Waals surface area contributed by atoms with Gasteiger partial charge in [0.1, 0.15) is 5.75 Å². The van der Waals surface area contributed by atoms with E-state index in [1.807, 2.05) is 12.1 Å². The number of piperidine rings is 2. The van der Waals surface area contributed by atoms with Crippen molar-refractivity contribution in [3.63, 3.8) is 0 Å². The monoisotopic (exact) mass is 259 g/mol. The van der Waals surface area contributed by atoms with Crippen LogP contribution in [0.2, 0.25) is 0 Å². The molecule has 1 aromatic carbocycles. The molecule has 0 spiro atoms. The van der Waals surface area contributed by atoms with Crippen LogP contribution in [0, 0.1) is 0 Å². The zero-order valence-corrected chi connectivity index (χ0v) is 11.5. The molecule has 3 rings (SSSR count). The summed E-state index contributed by atoms with van der Waals surface area (Å²) < 4.78 is 5.20. The van der Waals surface area contributed by atoms with E-state index in [1.165, 1.54) is 24.8 Å². The maximum absolute atomic E-state index is 12.2. The number of hydrogen-bond donors (Lipinski definition) is 0. The number of benzene rings is 1. The highest BCUT2D eigenvalue weighted by Crippen LogP contribution is 2.39. The molecule has 0 N–H and O–H groups in total. The number of nitrogens with zero attached hydrogens (tertiary/aromatic N) is 1. The van der Waals surface area contributed by atoms with Crippen LogP contribution in [0.1, 0.15) is 50.1 Å². The van der Waals surface area contributed by atoms with Crippen LogP contribution in [0.5, 0.6) is 5.75 Å². The molecule has 2 heterocycles. The van der Waals surface area contributed by atoms with Crippen molar-refractivity contribution in [2.24, 2.45) is 0 Å². The standard InChI is InChI=1S/C16H21NO2/c1-19-14-10-8-12(9-11-14)15-6-2-4-13-5-3-7-16(18)17(13)15/h8-11,13,15H,2-7H2,1H3. The van der Waals surface area contributed by atoms with Gasteiger partial charge < -0.3 is 9.64 Å². The molecule has 2 fully saturated rings. The van der Waals surface area contributed by atoms with E-state index in [2.05, 4.69) is 17.0 Å². The first kappa shape index (κ1) is 12.5. The molecule has 2 saturated heterocycles. The maximum Gasteiger partial charge on any atom is 0.223 e. The fourth-order valence-corrected chi connectivity index (χ4v) is 3.51. The smallest absolute Gasteiger partial charge is 0.223 e. The molecule has 0 aliphatic carbocycles. The van der Waals surface area contributed by atoms with Crippen molar-refractivity contribution in [3.05, 3.63) is 29.8 Å². The van der Waals surface area contributed by atoms with E-state index >= 15 is 0 Å². The summed E-state index contributed by atoms with van der Waals surface area (Å²) >= 11 is 0. The van der Waals surface area contributed by atoms with Gasteiger partial charge in [0.2, 0.25) is 5.91 Å². The van der Waals surface area contributed by atoms with E-state index in [9.17, 15) is 4.79 Å². The fourth-order valence-electron chi connectivity index (χ4n) is 3.51. The minimum atomic E-state index is 0.275. The van der Waals surface area contributed by atoms with Gasteiger partial charge in [-0.25, -0.2) is 0 Å². The van der Waals surface area contributed by atoms with E-state index < -0.39 is 0 Å². The highest BCUT2D eigenvalue weighted by Gasteiger charge is 2.36. The third-order valence-electron chi connectivity index (χ3n) is 4.46. The molecule has 0 saturated carbocycles. The first-order valence-electron chi connectivity index (χ1n) is 7.24. The van der Waals surface area contributed by atoms with E-state index in [1.54, 1.807) is 7.11 Å². The lowest BCUT2D eigenvalue weighted by molar-refractivity contribution is -0.142. The number of hydrogen-bond acceptors (Lipinski definition) is 2. The van der Waals surface area contributed by atoms with Crippen LogP contribution in [0.3, 0.4) is 0 Å². The molecule has 0 aromatic heterocycles. The molecule has 19 heavy (non-hydrogen) atoms. The van der Waals surface area contributed by atoms with E-state index in [-0.39, 0.29) is 6.04 Å². The normalized spacial score (nSPS) is 27.0. The summed E-state index contributed by atoms with van der Waals surface area (Å²) in [4.78, 5) is 14.4. The Hall–Kier alpha value is -1.51. The van der Waals surface area contributed by atoms with Crippen molar-refractivity contribution in [1.29, 1.82) is 0 Å². The second kappa shape index (κ2) is 5.24. The Labute approximate surface area is 114 Å². The molecule has 2 aliphatic rings. The molecule has 3 heteroatoms. The Morgan fingerprint density at radius 1 is 1.11 bits per heavy atom. The SMILES string of the molecule is COc1ccc(C2CCCC3CCCC(=O)N32)cc1. The van der Waals surface area contributed by atoms with Crippen molar-refractivity contribution in [2.45, 2.75) is 50.6 Å². The van der Waals surface area contributed by atoms with Crippen molar-refractivity contribution in [1.82, 2.24) is 4.90 Å². The minimum Gasteiger partial charge on any atom is -0.497 e. The number of carbonyl (C=O) groups excluding carboxylic acids is 1. The summed E-state index contributed by atoms with van der Waals surface area (Å²) in [6, 6.07) is 8.95. The van der Waals surface area contributed by atoms with Gasteiger partial charge in [0.15, 0.2) is 0 Å². The van der Waals surface area contributed by atoms with Gasteiger partial charge in [0.25, 0.3) is 0 Å². The molecule has 0 bridgehead atoms. The van der Waals surface area contributed by atoms with Gasteiger partial charge in [-0.05, 0) is 49.8 Å². The molecular weight excluding hydrogens is 238 g/mol. The van der Waals surface area contributed by atoms with Gasteiger partial charge in [0, 0.05) is 12.5 Å². The molecule has 2 unspecified atom stereocenters. The highest BCUT2D eigenvalue weighted by molar-refractivity contribution is 5.78. The number of carbonyl (C=O) groups is 1. The average molecular weight is 259 g/mol. The van der Waals surface area contributed by atoms with Crippen LogP contribution < -0.4 is 4.74 Å². The second-order valence-corrected chi connectivity index (χ2v) is 5.57. The van der Waals surface area contributed by atoms with Gasteiger partial charge in [-0.3, -0.25) is 4.79 Å². The number of rotatable bonds is 2. The topological polar surface area (TPSA) is 29.5 Å². The van der Waals surface area contributed by atoms with Gasteiger partial charge >= 0.3 is 0 Å². The predicted octanol–water partition coefficient (Wildman–Crippen LogP) is 3.30. The lowest BCUT2D eigenvalue weighted by Crippen LogP contribution is -2.48. The third-order valence-corrected chi connectivity index (χ3v) is 4.46. The molecule has 2 aliphatic heterocycles. The van der Waals surface area contributed by atoms with Crippen LogP contribution in [0.25, 0.3) is 0 Å². The summed E-state index contributed by atoms with van der Waals surface area (Å²) in [5.41, 5.74) is 1.25. The Kier molecular flexibility index (Phi) is 3.45. The fraction of sp³-hybridized carbons (Fsp3) is 0.562. The first-order valence-corrected chi connectivity index (χ1v) is 7.24. The van der Waals surface area contributed by atoms with E-state index in [0.29, 0.717) is 11.9 Å². The lowest BCUT2D eigenvalue weighted by atomic mass is 9.86. The molecule has 3 nitrogen and oxygen atoms in total. The van der Waals surface area contributed by atoms with Crippen LogP contribution in [-0.2, 0) is 4.79 Å². The predicted molar refractivity (Wildman–Crippen MR) is 74.1 cm³/mol. The summed E-state index contributed by atoms with van der Waals surface area (Å²) in [6.07, 6.45) is 6.47. The van der Waals surface area contributed by atoms with Gasteiger partial charge in [-0.15, -0.1) is 0 Å². The van der Waals surface area contributed by atoms with Crippen LogP contribution in [0.15, 0.2) is 24.3 Å². The first-order chi connectivity index (χ1) is 9.29. The third kappa shape index (κ3) is 2.34. The summed E-state index contributed by atoms with van der Waals surface area (Å²) in [6.45, 7) is 0. The average Bonchev–Trinajstić information content (AvgIpc) is 2.47.